The van der Waals surface area contributed by atoms with E-state index < -0.39 is 0 Å². The smallest absolute Gasteiger partial charge is 0.0573 e. The molecule has 0 amide bonds. The topological polar surface area (TPSA) is 20.2 Å². The molecule has 1 N–H and O–H groups in total. The molecular weight excluding hydrogens is 172 g/mol. The maximum atomic E-state index is 10.0. The summed E-state index contributed by atoms with van der Waals surface area (Å²) in [5.41, 5.74) is 0. The van der Waals surface area contributed by atoms with Crippen molar-refractivity contribution in [1.29, 1.82) is 0 Å². The van der Waals surface area contributed by atoms with E-state index in [-0.39, 0.29) is 6.10 Å². The van der Waals surface area contributed by atoms with Gasteiger partial charge in [-0.1, -0.05) is 40.0 Å². The van der Waals surface area contributed by atoms with Crippen LogP contribution in [0.25, 0.3) is 0 Å². The normalized spacial score (nSPS) is 33.6. The average Bonchev–Trinajstić information content (AvgIpc) is 2.14. The fraction of sp³-hybridized carbons (Fsp3) is 1.00. The molecule has 1 saturated carbocycles. The lowest BCUT2D eigenvalue weighted by atomic mass is 9.73. The summed E-state index contributed by atoms with van der Waals surface area (Å²) in [7, 11) is 0. The summed E-state index contributed by atoms with van der Waals surface area (Å²) in [5.74, 6) is 2.02. The zero-order valence-electron chi connectivity index (χ0n) is 10.00. The van der Waals surface area contributed by atoms with E-state index in [2.05, 4.69) is 20.8 Å². The first-order valence-electron chi connectivity index (χ1n) is 6.33. The van der Waals surface area contributed by atoms with E-state index >= 15 is 0 Å². The van der Waals surface area contributed by atoms with Crippen molar-refractivity contribution in [2.75, 3.05) is 0 Å². The molecule has 1 aliphatic rings. The standard InChI is InChI=1S/C13H26O/c1-4-5-6-11-7-8-12(10(2)3)13(14)9-11/h10-14H,4-9H2,1-3H3. The highest BCUT2D eigenvalue weighted by Crippen LogP contribution is 2.35. The van der Waals surface area contributed by atoms with Gasteiger partial charge in [-0.25, -0.2) is 0 Å². The van der Waals surface area contributed by atoms with Crippen molar-refractivity contribution in [2.45, 2.75) is 65.4 Å². The Bertz CT molecular complexity index is 153. The van der Waals surface area contributed by atoms with Crippen LogP contribution in [0.5, 0.6) is 0 Å². The van der Waals surface area contributed by atoms with E-state index in [0.717, 1.165) is 12.3 Å². The van der Waals surface area contributed by atoms with Crippen LogP contribution in [0.15, 0.2) is 0 Å². The second kappa shape index (κ2) is 5.75. The van der Waals surface area contributed by atoms with E-state index in [1.807, 2.05) is 0 Å². The molecule has 3 atom stereocenters. The van der Waals surface area contributed by atoms with Gasteiger partial charge < -0.3 is 5.11 Å². The molecule has 0 aliphatic heterocycles. The second-order valence-corrected chi connectivity index (χ2v) is 5.30. The molecule has 0 radical (unpaired) electrons. The summed E-state index contributed by atoms with van der Waals surface area (Å²) in [6.07, 6.45) is 7.59. The summed E-state index contributed by atoms with van der Waals surface area (Å²) < 4.78 is 0. The summed E-state index contributed by atoms with van der Waals surface area (Å²) in [5, 5.41) is 10.0. The molecule has 1 nitrogen and oxygen atoms in total. The van der Waals surface area contributed by atoms with Gasteiger partial charge in [0, 0.05) is 0 Å². The van der Waals surface area contributed by atoms with E-state index in [0.29, 0.717) is 11.8 Å². The fourth-order valence-corrected chi connectivity index (χ4v) is 2.79. The monoisotopic (exact) mass is 198 g/mol. The number of aliphatic hydroxyl groups is 1. The number of hydrogen-bond donors (Lipinski definition) is 1. The van der Waals surface area contributed by atoms with Gasteiger partial charge in [0.25, 0.3) is 0 Å². The third-order valence-electron chi connectivity index (χ3n) is 3.80. The Balaban J connectivity index is 2.31. The minimum absolute atomic E-state index is 0.0226. The molecule has 1 aliphatic carbocycles. The van der Waals surface area contributed by atoms with Gasteiger partial charge in [0.15, 0.2) is 0 Å². The Morgan fingerprint density at radius 2 is 2.00 bits per heavy atom. The van der Waals surface area contributed by atoms with Gasteiger partial charge in [0.2, 0.25) is 0 Å². The van der Waals surface area contributed by atoms with Crippen molar-refractivity contribution in [3.8, 4) is 0 Å². The molecule has 84 valence electrons. The Labute approximate surface area is 88.9 Å². The van der Waals surface area contributed by atoms with Gasteiger partial charge >= 0.3 is 0 Å². The van der Waals surface area contributed by atoms with Gasteiger partial charge in [-0.05, 0) is 37.0 Å². The van der Waals surface area contributed by atoms with Crippen molar-refractivity contribution in [1.82, 2.24) is 0 Å². The van der Waals surface area contributed by atoms with Crippen LogP contribution in [0.1, 0.15) is 59.3 Å². The molecule has 0 aromatic rings. The van der Waals surface area contributed by atoms with E-state index in [1.54, 1.807) is 0 Å². The number of unbranched alkanes of at least 4 members (excludes halogenated alkanes) is 1. The lowest BCUT2D eigenvalue weighted by Gasteiger charge is -2.35. The largest absolute Gasteiger partial charge is 0.393 e. The molecule has 0 aromatic heterocycles. The maximum Gasteiger partial charge on any atom is 0.0573 e. The van der Waals surface area contributed by atoms with Gasteiger partial charge in [-0.15, -0.1) is 0 Å². The van der Waals surface area contributed by atoms with Crippen molar-refractivity contribution in [3.63, 3.8) is 0 Å². The van der Waals surface area contributed by atoms with Crippen LogP contribution in [0.3, 0.4) is 0 Å². The minimum atomic E-state index is -0.0226. The molecule has 0 aromatic carbocycles. The van der Waals surface area contributed by atoms with Crippen molar-refractivity contribution in [3.05, 3.63) is 0 Å². The molecule has 0 spiro atoms. The Morgan fingerprint density at radius 3 is 2.50 bits per heavy atom. The van der Waals surface area contributed by atoms with Crippen LogP contribution in [0.2, 0.25) is 0 Å². The third-order valence-corrected chi connectivity index (χ3v) is 3.80. The third kappa shape index (κ3) is 3.27. The Hall–Kier alpha value is -0.0400. The summed E-state index contributed by atoms with van der Waals surface area (Å²) >= 11 is 0. The van der Waals surface area contributed by atoms with Gasteiger partial charge in [0.05, 0.1) is 6.10 Å². The van der Waals surface area contributed by atoms with Crippen LogP contribution in [-0.2, 0) is 0 Å². The summed E-state index contributed by atoms with van der Waals surface area (Å²) in [4.78, 5) is 0. The van der Waals surface area contributed by atoms with Crippen LogP contribution in [0, 0.1) is 17.8 Å². The quantitative estimate of drug-likeness (QED) is 0.731. The number of rotatable bonds is 4. The predicted octanol–water partition coefficient (Wildman–Crippen LogP) is 3.61. The highest BCUT2D eigenvalue weighted by atomic mass is 16.3. The lowest BCUT2D eigenvalue weighted by Crippen LogP contribution is -2.32. The van der Waals surface area contributed by atoms with Crippen molar-refractivity contribution >= 4 is 0 Å². The van der Waals surface area contributed by atoms with Crippen LogP contribution in [0.4, 0.5) is 0 Å². The Kier molecular flexibility index (Phi) is 4.94. The first-order valence-corrected chi connectivity index (χ1v) is 6.33. The van der Waals surface area contributed by atoms with Gasteiger partial charge in [-0.2, -0.15) is 0 Å². The number of hydrogen-bond acceptors (Lipinski definition) is 1. The van der Waals surface area contributed by atoms with E-state index in [4.69, 9.17) is 0 Å². The molecule has 14 heavy (non-hydrogen) atoms. The fourth-order valence-electron chi connectivity index (χ4n) is 2.79. The molecule has 1 rings (SSSR count). The van der Waals surface area contributed by atoms with E-state index in [1.165, 1.54) is 32.1 Å². The second-order valence-electron chi connectivity index (χ2n) is 5.30. The van der Waals surface area contributed by atoms with Crippen LogP contribution < -0.4 is 0 Å². The maximum absolute atomic E-state index is 10.0. The van der Waals surface area contributed by atoms with Crippen molar-refractivity contribution < 1.29 is 5.11 Å². The van der Waals surface area contributed by atoms with Gasteiger partial charge in [-0.3, -0.25) is 0 Å². The van der Waals surface area contributed by atoms with Crippen LogP contribution >= 0.6 is 0 Å². The average molecular weight is 198 g/mol. The van der Waals surface area contributed by atoms with E-state index in [9.17, 15) is 5.11 Å². The zero-order chi connectivity index (χ0) is 10.6. The zero-order valence-corrected chi connectivity index (χ0v) is 10.00. The Morgan fingerprint density at radius 1 is 1.29 bits per heavy atom. The highest BCUT2D eigenvalue weighted by molar-refractivity contribution is 4.81. The summed E-state index contributed by atoms with van der Waals surface area (Å²) in [6.45, 7) is 6.72. The molecule has 1 fully saturated rings. The lowest BCUT2D eigenvalue weighted by molar-refractivity contribution is 0.0206. The van der Waals surface area contributed by atoms with Gasteiger partial charge in [0.1, 0.15) is 0 Å². The highest BCUT2D eigenvalue weighted by Gasteiger charge is 2.30. The SMILES string of the molecule is CCCCC1CCC(C(C)C)C(O)C1. The summed E-state index contributed by atoms with van der Waals surface area (Å²) in [6, 6.07) is 0. The molecule has 0 saturated heterocycles. The molecule has 3 unspecified atom stereocenters. The van der Waals surface area contributed by atoms with Crippen LogP contribution in [-0.4, -0.2) is 11.2 Å². The molecular formula is C13H26O. The first kappa shape index (κ1) is 12.0. The first-order chi connectivity index (χ1) is 6.65. The predicted molar refractivity (Wildman–Crippen MR) is 61.2 cm³/mol. The minimum Gasteiger partial charge on any atom is -0.393 e. The molecule has 1 heteroatoms. The number of aliphatic hydroxyl groups excluding tert-OH is 1. The molecule has 0 bridgehead atoms. The van der Waals surface area contributed by atoms with Crippen molar-refractivity contribution in [2.24, 2.45) is 17.8 Å². The molecule has 0 heterocycles.